The van der Waals surface area contributed by atoms with Gasteiger partial charge < -0.3 is 20.3 Å². The van der Waals surface area contributed by atoms with E-state index in [1.165, 1.54) is 23.3 Å². The molecular formula is C25H33ClN4O3S. The fourth-order valence-corrected chi connectivity index (χ4v) is 6.12. The third-order valence-corrected chi connectivity index (χ3v) is 7.43. The van der Waals surface area contributed by atoms with Gasteiger partial charge in [0.15, 0.2) is 0 Å². The van der Waals surface area contributed by atoms with Crippen LogP contribution in [0.1, 0.15) is 48.5 Å². The molecule has 9 heteroatoms. The van der Waals surface area contributed by atoms with Crippen LogP contribution in [0.15, 0.2) is 18.2 Å². The Morgan fingerprint density at radius 1 is 1.15 bits per heavy atom. The molecule has 2 heterocycles. The van der Waals surface area contributed by atoms with Gasteiger partial charge in [0.05, 0.1) is 36.3 Å². The number of methoxy groups -OCH3 is 1. The van der Waals surface area contributed by atoms with Crippen molar-refractivity contribution in [3.8, 4) is 5.75 Å². The zero-order chi connectivity index (χ0) is 24.2. The summed E-state index contributed by atoms with van der Waals surface area (Å²) in [5.74, 6) is 2.17. The number of thiophene rings is 1. The highest BCUT2D eigenvalue weighted by molar-refractivity contribution is 7.19. The number of rotatable bonds is 10. The molecule has 0 saturated heterocycles. The first-order chi connectivity index (χ1) is 16.3. The fourth-order valence-electron chi connectivity index (χ4n) is 4.56. The maximum Gasteiger partial charge on any atom is 0.146 e. The molecule has 0 aliphatic heterocycles. The molecule has 184 valence electrons. The zero-order valence-electron chi connectivity index (χ0n) is 20.0. The molecule has 0 bridgehead atoms. The predicted octanol–water partition coefficient (Wildman–Crippen LogP) is 4.41. The van der Waals surface area contributed by atoms with Gasteiger partial charge in [-0.3, -0.25) is 4.90 Å². The van der Waals surface area contributed by atoms with E-state index in [9.17, 15) is 10.2 Å². The van der Waals surface area contributed by atoms with Crippen LogP contribution in [0, 0.1) is 0 Å². The van der Waals surface area contributed by atoms with Gasteiger partial charge in [-0.1, -0.05) is 17.7 Å². The Balaban J connectivity index is 1.66. The molecule has 1 aliphatic rings. The Labute approximate surface area is 209 Å². The van der Waals surface area contributed by atoms with Crippen molar-refractivity contribution in [1.82, 2.24) is 14.9 Å². The second-order valence-corrected chi connectivity index (χ2v) is 10.6. The van der Waals surface area contributed by atoms with Crippen molar-refractivity contribution in [3.63, 3.8) is 0 Å². The molecule has 0 spiro atoms. The van der Waals surface area contributed by atoms with Crippen LogP contribution in [0.2, 0.25) is 5.02 Å². The third-order valence-electron chi connectivity index (χ3n) is 5.95. The van der Waals surface area contributed by atoms with Crippen LogP contribution in [0.5, 0.6) is 5.75 Å². The van der Waals surface area contributed by atoms with Crippen molar-refractivity contribution in [3.05, 3.63) is 45.1 Å². The minimum Gasteiger partial charge on any atom is -0.495 e. The number of aromatic nitrogens is 2. The molecule has 0 fully saturated rings. The number of hydrogen-bond donors (Lipinski definition) is 3. The fraction of sp³-hybridized carbons (Fsp3) is 0.520. The molecule has 3 aromatic rings. The molecule has 1 aromatic carbocycles. The number of benzene rings is 1. The van der Waals surface area contributed by atoms with E-state index in [-0.39, 0.29) is 0 Å². The molecule has 0 saturated carbocycles. The van der Waals surface area contributed by atoms with Gasteiger partial charge in [0.2, 0.25) is 0 Å². The monoisotopic (exact) mass is 504 g/mol. The van der Waals surface area contributed by atoms with Crippen molar-refractivity contribution < 1.29 is 14.9 Å². The molecule has 4 rings (SSSR count). The SMILES string of the molecule is COc1ccc(CNc2nc(CN(CC(C)O)CC(C)O)nc3sc4c(c23)CCCC4)cc1Cl. The summed E-state index contributed by atoms with van der Waals surface area (Å²) in [5, 5.41) is 25.1. The number of aryl methyl sites for hydroxylation is 2. The molecule has 2 atom stereocenters. The quantitative estimate of drug-likeness (QED) is 0.376. The number of halogens is 1. The first-order valence-electron chi connectivity index (χ1n) is 11.8. The number of fused-ring (bicyclic) bond motifs is 3. The average Bonchev–Trinajstić information content (AvgIpc) is 3.15. The Morgan fingerprint density at radius 3 is 2.56 bits per heavy atom. The van der Waals surface area contributed by atoms with E-state index in [0.29, 0.717) is 42.8 Å². The highest BCUT2D eigenvalue weighted by Gasteiger charge is 2.22. The molecule has 0 amide bonds. The first-order valence-corrected chi connectivity index (χ1v) is 13.0. The lowest BCUT2D eigenvalue weighted by molar-refractivity contribution is 0.0780. The van der Waals surface area contributed by atoms with E-state index >= 15 is 0 Å². The van der Waals surface area contributed by atoms with Crippen LogP contribution >= 0.6 is 22.9 Å². The molecule has 0 radical (unpaired) electrons. The largest absolute Gasteiger partial charge is 0.495 e. The summed E-state index contributed by atoms with van der Waals surface area (Å²) in [4.78, 5) is 14.2. The second-order valence-electron chi connectivity index (χ2n) is 9.09. The molecular weight excluding hydrogens is 472 g/mol. The van der Waals surface area contributed by atoms with Gasteiger partial charge in [-0.05, 0) is 62.8 Å². The lowest BCUT2D eigenvalue weighted by Crippen LogP contribution is -2.36. The van der Waals surface area contributed by atoms with E-state index in [2.05, 4.69) is 5.32 Å². The number of nitrogens with one attached hydrogen (secondary N) is 1. The van der Waals surface area contributed by atoms with E-state index in [4.69, 9.17) is 26.3 Å². The summed E-state index contributed by atoms with van der Waals surface area (Å²) in [7, 11) is 1.61. The molecule has 1 aliphatic carbocycles. The van der Waals surface area contributed by atoms with Crippen molar-refractivity contribution >= 4 is 39.0 Å². The van der Waals surface area contributed by atoms with E-state index < -0.39 is 12.2 Å². The minimum atomic E-state index is -0.506. The van der Waals surface area contributed by atoms with Crippen molar-refractivity contribution in [2.24, 2.45) is 0 Å². The summed E-state index contributed by atoms with van der Waals surface area (Å²) in [5.41, 5.74) is 2.41. The van der Waals surface area contributed by atoms with Gasteiger partial charge in [0.1, 0.15) is 22.2 Å². The molecule has 3 N–H and O–H groups in total. The number of anilines is 1. The maximum absolute atomic E-state index is 9.93. The molecule has 2 aromatic heterocycles. The van der Waals surface area contributed by atoms with Gasteiger partial charge in [0, 0.05) is 24.5 Å². The van der Waals surface area contributed by atoms with E-state index in [0.717, 1.165) is 34.4 Å². The summed E-state index contributed by atoms with van der Waals surface area (Å²) in [6.07, 6.45) is 3.53. The van der Waals surface area contributed by atoms with E-state index in [1.54, 1.807) is 32.3 Å². The lowest BCUT2D eigenvalue weighted by Gasteiger charge is -2.24. The van der Waals surface area contributed by atoms with Gasteiger partial charge in [-0.2, -0.15) is 0 Å². The van der Waals surface area contributed by atoms with Crippen LogP contribution in [0.3, 0.4) is 0 Å². The Kier molecular flexibility index (Phi) is 8.26. The highest BCUT2D eigenvalue weighted by Crippen LogP contribution is 2.39. The lowest BCUT2D eigenvalue weighted by atomic mass is 9.97. The van der Waals surface area contributed by atoms with Gasteiger partial charge in [0.25, 0.3) is 0 Å². The number of aliphatic hydroxyl groups is 2. The normalized spacial score (nSPS) is 15.4. The summed E-state index contributed by atoms with van der Waals surface area (Å²) >= 11 is 8.09. The Hall–Kier alpha value is -1.97. The maximum atomic E-state index is 9.93. The van der Waals surface area contributed by atoms with Crippen LogP contribution in [0.25, 0.3) is 10.2 Å². The van der Waals surface area contributed by atoms with E-state index in [1.807, 2.05) is 23.1 Å². The number of ether oxygens (including phenoxy) is 1. The van der Waals surface area contributed by atoms with Crippen molar-refractivity contribution in [2.75, 3.05) is 25.5 Å². The standard InChI is InChI=1S/C25H33ClN4O3S/c1-15(31)12-30(13-16(2)32)14-22-28-24(27-11-17-8-9-20(33-3)19(26)10-17)23-18-6-4-5-7-21(18)34-25(23)29-22/h8-10,15-16,31-32H,4-7,11-14H2,1-3H3,(H,27,28,29). The first kappa shape index (κ1) is 25.1. The topological polar surface area (TPSA) is 90.7 Å². The number of hydrogen-bond acceptors (Lipinski definition) is 8. The van der Waals surface area contributed by atoms with Crippen LogP contribution in [-0.4, -0.2) is 57.5 Å². The van der Waals surface area contributed by atoms with Gasteiger partial charge in [-0.15, -0.1) is 11.3 Å². The Bertz CT molecular complexity index is 1130. The van der Waals surface area contributed by atoms with Gasteiger partial charge in [-0.25, -0.2) is 9.97 Å². The van der Waals surface area contributed by atoms with Crippen molar-refractivity contribution in [2.45, 2.75) is 64.8 Å². The average molecular weight is 505 g/mol. The summed E-state index contributed by atoms with van der Waals surface area (Å²) in [6, 6.07) is 5.77. The van der Waals surface area contributed by atoms with Crippen LogP contribution < -0.4 is 10.1 Å². The molecule has 2 unspecified atom stereocenters. The summed E-state index contributed by atoms with van der Waals surface area (Å²) < 4.78 is 5.27. The number of aliphatic hydroxyl groups excluding tert-OH is 2. The summed E-state index contributed by atoms with van der Waals surface area (Å²) in [6.45, 7) is 5.42. The Morgan fingerprint density at radius 2 is 1.88 bits per heavy atom. The predicted molar refractivity (Wildman–Crippen MR) is 138 cm³/mol. The van der Waals surface area contributed by atoms with Crippen LogP contribution in [0.4, 0.5) is 5.82 Å². The van der Waals surface area contributed by atoms with Crippen molar-refractivity contribution in [1.29, 1.82) is 0 Å². The minimum absolute atomic E-state index is 0.445. The number of nitrogens with zero attached hydrogens (tertiary/aromatic N) is 3. The molecule has 34 heavy (non-hydrogen) atoms. The van der Waals surface area contributed by atoms with Gasteiger partial charge >= 0.3 is 0 Å². The second kappa shape index (κ2) is 11.2. The molecule has 7 nitrogen and oxygen atoms in total. The third kappa shape index (κ3) is 5.98. The van der Waals surface area contributed by atoms with Crippen LogP contribution in [-0.2, 0) is 25.9 Å². The smallest absolute Gasteiger partial charge is 0.146 e. The zero-order valence-corrected chi connectivity index (χ0v) is 21.5. The highest BCUT2D eigenvalue weighted by atomic mass is 35.5.